The van der Waals surface area contributed by atoms with Crippen molar-refractivity contribution >= 4 is 27.5 Å². The van der Waals surface area contributed by atoms with E-state index in [4.69, 9.17) is 0 Å². The van der Waals surface area contributed by atoms with E-state index in [0.29, 0.717) is 18.8 Å². The van der Waals surface area contributed by atoms with Crippen LogP contribution in [0.3, 0.4) is 0 Å². The van der Waals surface area contributed by atoms with Crippen molar-refractivity contribution in [2.45, 2.75) is 24.7 Å². The van der Waals surface area contributed by atoms with E-state index >= 15 is 0 Å². The van der Waals surface area contributed by atoms with Gasteiger partial charge in [0.15, 0.2) is 0 Å². The second-order valence-corrected chi connectivity index (χ2v) is 9.89. The maximum Gasteiger partial charge on any atom is 0.243 e. The molecule has 1 aromatic heterocycles. The van der Waals surface area contributed by atoms with E-state index in [1.54, 1.807) is 53.4 Å². The molecule has 0 aliphatic carbocycles. The van der Waals surface area contributed by atoms with Gasteiger partial charge >= 0.3 is 0 Å². The molecule has 3 aromatic rings. The van der Waals surface area contributed by atoms with Gasteiger partial charge in [0.05, 0.1) is 10.6 Å². The molecule has 1 aliphatic rings. The van der Waals surface area contributed by atoms with Crippen molar-refractivity contribution in [3.05, 3.63) is 60.4 Å². The minimum atomic E-state index is -3.59. The Labute approximate surface area is 197 Å². The molecule has 2 aromatic carbocycles. The van der Waals surface area contributed by atoms with Crippen LogP contribution < -0.4 is 5.32 Å². The summed E-state index contributed by atoms with van der Waals surface area (Å²) in [6, 6.07) is 13.7. The summed E-state index contributed by atoms with van der Waals surface area (Å²) in [6.07, 6.45) is 1.56. The van der Waals surface area contributed by atoms with E-state index in [1.165, 1.54) is 15.3 Å². The Balaban J connectivity index is 1.23. The van der Waals surface area contributed by atoms with Crippen molar-refractivity contribution in [3.8, 4) is 5.69 Å². The van der Waals surface area contributed by atoms with Crippen LogP contribution in [-0.2, 0) is 19.6 Å². The number of aryl methyl sites for hydroxylation is 1. The highest BCUT2D eigenvalue weighted by Crippen LogP contribution is 2.19. The van der Waals surface area contributed by atoms with Crippen molar-refractivity contribution in [1.29, 1.82) is 0 Å². The number of rotatable bonds is 7. The SMILES string of the molecule is Cc1ccc(S(=O)(=O)N2CCN(C(=O)CCC(=O)Nc3ccc(-n4cnnn4)cc3)CC2)cc1. The first kappa shape index (κ1) is 23.5. The Morgan fingerprint density at radius 3 is 2.24 bits per heavy atom. The number of aromatic nitrogens is 4. The number of tetrazole rings is 1. The molecule has 1 saturated heterocycles. The summed E-state index contributed by atoms with van der Waals surface area (Å²) in [6.45, 7) is 2.94. The molecular formula is C22H25N7O4S. The number of hydrogen-bond acceptors (Lipinski definition) is 7. The third-order valence-electron chi connectivity index (χ3n) is 5.58. The van der Waals surface area contributed by atoms with E-state index in [9.17, 15) is 18.0 Å². The molecule has 0 atom stereocenters. The molecule has 34 heavy (non-hydrogen) atoms. The Morgan fingerprint density at radius 1 is 0.941 bits per heavy atom. The molecular weight excluding hydrogens is 458 g/mol. The van der Waals surface area contributed by atoms with Gasteiger partial charge in [-0.15, -0.1) is 5.10 Å². The van der Waals surface area contributed by atoms with Gasteiger partial charge in [0, 0.05) is 44.7 Å². The minimum absolute atomic E-state index is 0.0372. The van der Waals surface area contributed by atoms with Crippen LogP contribution in [-0.4, -0.2) is 75.8 Å². The summed E-state index contributed by atoms with van der Waals surface area (Å²) < 4.78 is 28.5. The number of benzene rings is 2. The normalized spacial score (nSPS) is 14.7. The molecule has 1 fully saturated rings. The van der Waals surface area contributed by atoms with E-state index < -0.39 is 10.0 Å². The summed E-state index contributed by atoms with van der Waals surface area (Å²) in [7, 11) is -3.59. The van der Waals surface area contributed by atoms with Crippen molar-refractivity contribution in [2.24, 2.45) is 0 Å². The molecule has 1 N–H and O–H groups in total. The first-order chi connectivity index (χ1) is 16.3. The lowest BCUT2D eigenvalue weighted by molar-refractivity contribution is -0.133. The van der Waals surface area contributed by atoms with Crippen LogP contribution in [0.4, 0.5) is 5.69 Å². The summed E-state index contributed by atoms with van der Waals surface area (Å²) >= 11 is 0. The smallest absolute Gasteiger partial charge is 0.243 e. The molecule has 178 valence electrons. The average Bonchev–Trinajstić information content (AvgIpc) is 3.38. The van der Waals surface area contributed by atoms with Crippen LogP contribution in [0.15, 0.2) is 59.8 Å². The van der Waals surface area contributed by atoms with Crippen molar-refractivity contribution in [2.75, 3.05) is 31.5 Å². The molecule has 11 nitrogen and oxygen atoms in total. The summed E-state index contributed by atoms with van der Waals surface area (Å²) in [4.78, 5) is 26.7. The van der Waals surface area contributed by atoms with Crippen molar-refractivity contribution < 1.29 is 18.0 Å². The number of carbonyl (C=O) groups excluding carboxylic acids is 2. The summed E-state index contributed by atoms with van der Waals surface area (Å²) in [5.74, 6) is -0.444. The third-order valence-corrected chi connectivity index (χ3v) is 7.49. The van der Waals surface area contributed by atoms with Crippen LogP contribution in [0.2, 0.25) is 0 Å². The van der Waals surface area contributed by atoms with Gasteiger partial charge in [0.2, 0.25) is 21.8 Å². The average molecular weight is 484 g/mol. The second kappa shape index (κ2) is 10.1. The molecule has 12 heteroatoms. The highest BCUT2D eigenvalue weighted by atomic mass is 32.2. The van der Waals surface area contributed by atoms with E-state index in [1.807, 2.05) is 6.92 Å². The Morgan fingerprint density at radius 2 is 1.62 bits per heavy atom. The lowest BCUT2D eigenvalue weighted by atomic mass is 10.2. The van der Waals surface area contributed by atoms with Gasteiger partial charge in [0.1, 0.15) is 6.33 Å². The van der Waals surface area contributed by atoms with E-state index in [2.05, 4.69) is 20.8 Å². The first-order valence-electron chi connectivity index (χ1n) is 10.8. The summed E-state index contributed by atoms with van der Waals surface area (Å²) in [5, 5.41) is 13.7. The number of piperazine rings is 1. The molecule has 0 spiro atoms. The van der Waals surface area contributed by atoms with Crippen LogP contribution in [0, 0.1) is 6.92 Å². The molecule has 0 saturated carbocycles. The standard InChI is InChI=1S/C22H25N7O4S/c1-17-2-8-20(9-3-17)34(32,33)28-14-12-27(13-15-28)22(31)11-10-21(30)24-18-4-6-19(7-5-18)29-16-23-25-26-29/h2-9,16H,10-15H2,1H3,(H,24,30). The van der Waals surface area contributed by atoms with Gasteiger partial charge in [-0.2, -0.15) is 4.31 Å². The maximum atomic E-state index is 12.8. The molecule has 2 amide bonds. The first-order valence-corrected chi connectivity index (χ1v) is 12.2. The number of amides is 2. The highest BCUT2D eigenvalue weighted by molar-refractivity contribution is 7.89. The third kappa shape index (κ3) is 5.46. The highest BCUT2D eigenvalue weighted by Gasteiger charge is 2.30. The fourth-order valence-corrected chi connectivity index (χ4v) is 5.04. The largest absolute Gasteiger partial charge is 0.340 e. The molecule has 2 heterocycles. The zero-order chi connectivity index (χ0) is 24.1. The molecule has 1 aliphatic heterocycles. The summed E-state index contributed by atoms with van der Waals surface area (Å²) in [5.41, 5.74) is 2.34. The van der Waals surface area contributed by atoms with Gasteiger partial charge in [0.25, 0.3) is 0 Å². The van der Waals surface area contributed by atoms with Gasteiger partial charge in [-0.05, 0) is 53.7 Å². The van der Waals surface area contributed by atoms with Gasteiger partial charge in [-0.25, -0.2) is 13.1 Å². The lowest BCUT2D eigenvalue weighted by Crippen LogP contribution is -2.50. The van der Waals surface area contributed by atoms with Crippen LogP contribution >= 0.6 is 0 Å². The molecule has 0 unspecified atom stereocenters. The predicted octanol–water partition coefficient (Wildman–Crippen LogP) is 1.22. The fourth-order valence-electron chi connectivity index (χ4n) is 3.62. The Hall–Kier alpha value is -3.64. The zero-order valence-electron chi connectivity index (χ0n) is 18.7. The Kier molecular flexibility index (Phi) is 6.98. The maximum absolute atomic E-state index is 12.8. The monoisotopic (exact) mass is 483 g/mol. The topological polar surface area (TPSA) is 130 Å². The predicted molar refractivity (Wildman–Crippen MR) is 124 cm³/mol. The van der Waals surface area contributed by atoms with Crippen LogP contribution in [0.1, 0.15) is 18.4 Å². The number of sulfonamides is 1. The van der Waals surface area contributed by atoms with Crippen LogP contribution in [0.25, 0.3) is 5.69 Å². The zero-order valence-corrected chi connectivity index (χ0v) is 19.5. The minimum Gasteiger partial charge on any atom is -0.340 e. The van der Waals surface area contributed by atoms with Crippen molar-refractivity contribution in [1.82, 2.24) is 29.4 Å². The van der Waals surface area contributed by atoms with Crippen molar-refractivity contribution in [3.63, 3.8) is 0 Å². The van der Waals surface area contributed by atoms with Gasteiger partial charge in [-0.1, -0.05) is 17.7 Å². The molecule has 4 rings (SSSR count). The quantitative estimate of drug-likeness (QED) is 0.535. The van der Waals surface area contributed by atoms with Gasteiger partial charge < -0.3 is 10.2 Å². The van der Waals surface area contributed by atoms with Crippen LogP contribution in [0.5, 0.6) is 0 Å². The molecule has 0 radical (unpaired) electrons. The van der Waals surface area contributed by atoms with E-state index in [-0.39, 0.29) is 42.6 Å². The second-order valence-electron chi connectivity index (χ2n) is 7.95. The van der Waals surface area contributed by atoms with E-state index in [0.717, 1.165) is 11.3 Å². The lowest BCUT2D eigenvalue weighted by Gasteiger charge is -2.34. The number of hydrogen-bond donors (Lipinski definition) is 1. The number of nitrogens with one attached hydrogen (secondary N) is 1. The number of nitrogens with zero attached hydrogens (tertiary/aromatic N) is 6. The molecule has 0 bridgehead atoms. The number of carbonyl (C=O) groups is 2. The van der Waals surface area contributed by atoms with Gasteiger partial charge in [-0.3, -0.25) is 9.59 Å². The fraction of sp³-hybridized carbons (Fsp3) is 0.318. The number of anilines is 1. The Bertz CT molecular complexity index is 1240.